The molecule has 0 fully saturated rings. The Morgan fingerprint density at radius 2 is 2.06 bits per heavy atom. The van der Waals surface area contributed by atoms with Gasteiger partial charge in [0.2, 0.25) is 0 Å². The largest absolute Gasteiger partial charge is 0.313 e. The number of benzene rings is 1. The first-order valence-electron chi connectivity index (χ1n) is 5.83. The van der Waals surface area contributed by atoms with Gasteiger partial charge in [-0.2, -0.15) is 0 Å². The second-order valence-electron chi connectivity index (χ2n) is 4.69. The summed E-state index contributed by atoms with van der Waals surface area (Å²) in [5.74, 6) is 0.195. The fourth-order valence-corrected chi connectivity index (χ4v) is 2.87. The van der Waals surface area contributed by atoms with Gasteiger partial charge in [-0.3, -0.25) is 0 Å². The minimum Gasteiger partial charge on any atom is -0.313 e. The van der Waals surface area contributed by atoms with E-state index >= 15 is 0 Å². The van der Waals surface area contributed by atoms with Gasteiger partial charge in [0.1, 0.15) is 9.84 Å². The highest BCUT2D eigenvalue weighted by Crippen LogP contribution is 2.04. The monoisotopic (exact) mass is 255 g/mol. The van der Waals surface area contributed by atoms with Crippen LogP contribution in [0, 0.1) is 6.92 Å². The molecule has 0 aliphatic carbocycles. The first-order chi connectivity index (χ1) is 7.87. The zero-order chi connectivity index (χ0) is 12.9. The summed E-state index contributed by atoms with van der Waals surface area (Å²) >= 11 is 0. The maximum Gasteiger partial charge on any atom is 0.148 e. The molecule has 0 aliphatic heterocycles. The fourth-order valence-electron chi connectivity index (χ4n) is 1.84. The van der Waals surface area contributed by atoms with Crippen molar-refractivity contribution in [3.8, 4) is 0 Å². The van der Waals surface area contributed by atoms with Gasteiger partial charge in [0.05, 0.1) is 5.75 Å². The molecule has 1 rings (SSSR count). The van der Waals surface area contributed by atoms with Crippen molar-refractivity contribution in [3.05, 3.63) is 35.4 Å². The highest BCUT2D eigenvalue weighted by atomic mass is 32.2. The lowest BCUT2D eigenvalue weighted by atomic mass is 10.1. The average molecular weight is 255 g/mol. The first kappa shape index (κ1) is 14.2. The van der Waals surface area contributed by atoms with Gasteiger partial charge < -0.3 is 5.32 Å². The van der Waals surface area contributed by atoms with Gasteiger partial charge in [0, 0.05) is 12.3 Å². The van der Waals surface area contributed by atoms with Gasteiger partial charge in [-0.05, 0) is 32.4 Å². The van der Waals surface area contributed by atoms with Crippen LogP contribution < -0.4 is 5.32 Å². The third kappa shape index (κ3) is 6.44. The van der Waals surface area contributed by atoms with Crippen molar-refractivity contribution >= 4 is 9.84 Å². The van der Waals surface area contributed by atoms with Crippen LogP contribution >= 0.6 is 0 Å². The van der Waals surface area contributed by atoms with E-state index in [9.17, 15) is 8.42 Å². The molecular formula is C13H21NO2S. The number of nitrogens with one attached hydrogen (secondary N) is 1. The Bertz CT molecular complexity index is 454. The minimum absolute atomic E-state index is 0.00908. The minimum atomic E-state index is -2.89. The Labute approximate surface area is 104 Å². The van der Waals surface area contributed by atoms with Crippen molar-refractivity contribution in [1.29, 1.82) is 0 Å². The number of sulfone groups is 1. The number of aryl methyl sites for hydroxylation is 1. The van der Waals surface area contributed by atoms with Gasteiger partial charge >= 0.3 is 0 Å². The zero-order valence-electron chi connectivity index (χ0n) is 10.7. The molecule has 0 aromatic heterocycles. The van der Waals surface area contributed by atoms with Gasteiger partial charge in [0.15, 0.2) is 0 Å². The molecule has 0 heterocycles. The van der Waals surface area contributed by atoms with E-state index in [1.807, 2.05) is 13.0 Å². The van der Waals surface area contributed by atoms with E-state index in [4.69, 9.17) is 0 Å². The lowest BCUT2D eigenvalue weighted by Crippen LogP contribution is -2.34. The van der Waals surface area contributed by atoms with Crippen molar-refractivity contribution < 1.29 is 8.42 Å². The molecule has 17 heavy (non-hydrogen) atoms. The molecule has 1 aromatic rings. The smallest absolute Gasteiger partial charge is 0.148 e. The van der Waals surface area contributed by atoms with Crippen LogP contribution in [0.4, 0.5) is 0 Å². The predicted octanol–water partition coefficient (Wildman–Crippen LogP) is 1.56. The topological polar surface area (TPSA) is 46.2 Å². The molecule has 0 spiro atoms. The van der Waals surface area contributed by atoms with Crippen molar-refractivity contribution in [3.63, 3.8) is 0 Å². The fraction of sp³-hybridized carbons (Fsp3) is 0.538. The number of hydrogen-bond donors (Lipinski definition) is 1. The van der Waals surface area contributed by atoms with E-state index in [-0.39, 0.29) is 11.8 Å². The molecule has 1 unspecified atom stereocenters. The molecule has 1 aromatic carbocycles. The lowest BCUT2D eigenvalue weighted by Gasteiger charge is -2.12. The standard InChI is InChI=1S/C13H21NO2S/c1-11-5-4-6-13(9-11)7-8-14-12(2)10-17(3,15)16/h4-6,9,12,14H,7-8,10H2,1-3H3. The Morgan fingerprint density at radius 3 is 2.65 bits per heavy atom. The molecule has 1 N–H and O–H groups in total. The summed E-state index contributed by atoms with van der Waals surface area (Å²) in [7, 11) is -2.89. The van der Waals surface area contributed by atoms with Crippen LogP contribution in [0.5, 0.6) is 0 Å². The summed E-state index contributed by atoms with van der Waals surface area (Å²) in [5, 5.41) is 3.23. The Hall–Kier alpha value is -0.870. The maximum atomic E-state index is 11.1. The van der Waals surface area contributed by atoms with Crippen LogP contribution in [-0.2, 0) is 16.3 Å². The van der Waals surface area contributed by atoms with Crippen molar-refractivity contribution in [1.82, 2.24) is 5.32 Å². The average Bonchev–Trinajstić information content (AvgIpc) is 2.14. The van der Waals surface area contributed by atoms with E-state index in [1.54, 1.807) is 0 Å². The van der Waals surface area contributed by atoms with Crippen LogP contribution in [0.1, 0.15) is 18.1 Å². The van der Waals surface area contributed by atoms with E-state index in [2.05, 4.69) is 30.4 Å². The molecule has 4 heteroatoms. The van der Waals surface area contributed by atoms with Gasteiger partial charge in [-0.25, -0.2) is 8.42 Å². The quantitative estimate of drug-likeness (QED) is 0.839. The van der Waals surface area contributed by atoms with Crippen LogP contribution in [0.2, 0.25) is 0 Å². The highest BCUT2D eigenvalue weighted by molar-refractivity contribution is 7.90. The maximum absolute atomic E-state index is 11.1. The van der Waals surface area contributed by atoms with Crippen LogP contribution in [0.25, 0.3) is 0 Å². The highest BCUT2D eigenvalue weighted by Gasteiger charge is 2.09. The predicted molar refractivity (Wildman–Crippen MR) is 72.1 cm³/mol. The molecule has 0 saturated carbocycles. The van der Waals surface area contributed by atoms with Gasteiger partial charge in [0.25, 0.3) is 0 Å². The second kappa shape index (κ2) is 6.17. The SMILES string of the molecule is Cc1cccc(CCNC(C)CS(C)(=O)=O)c1. The Kier molecular flexibility index (Phi) is 5.15. The third-order valence-corrected chi connectivity index (χ3v) is 3.65. The van der Waals surface area contributed by atoms with E-state index in [0.717, 1.165) is 13.0 Å². The molecule has 3 nitrogen and oxygen atoms in total. The molecule has 0 amide bonds. The van der Waals surface area contributed by atoms with E-state index in [1.165, 1.54) is 17.4 Å². The summed E-state index contributed by atoms with van der Waals surface area (Å²) < 4.78 is 22.2. The summed E-state index contributed by atoms with van der Waals surface area (Å²) in [4.78, 5) is 0. The van der Waals surface area contributed by atoms with Gasteiger partial charge in [-0.1, -0.05) is 29.8 Å². The van der Waals surface area contributed by atoms with E-state index in [0.29, 0.717) is 0 Å². The third-order valence-electron chi connectivity index (χ3n) is 2.54. The van der Waals surface area contributed by atoms with Crippen LogP contribution in [0.3, 0.4) is 0 Å². The van der Waals surface area contributed by atoms with Crippen molar-refractivity contribution in [2.45, 2.75) is 26.3 Å². The Balaban J connectivity index is 2.33. The lowest BCUT2D eigenvalue weighted by molar-refractivity contribution is 0.562. The summed E-state index contributed by atoms with van der Waals surface area (Å²) in [6.07, 6.45) is 2.20. The molecule has 96 valence electrons. The van der Waals surface area contributed by atoms with Crippen LogP contribution in [-0.4, -0.2) is 33.0 Å². The number of hydrogen-bond acceptors (Lipinski definition) is 3. The molecule has 0 bridgehead atoms. The normalized spacial score (nSPS) is 13.6. The first-order valence-corrected chi connectivity index (χ1v) is 7.89. The summed E-state index contributed by atoms with van der Waals surface area (Å²) in [6, 6.07) is 8.38. The molecular weight excluding hydrogens is 234 g/mol. The molecule has 0 radical (unpaired) electrons. The molecule has 1 atom stereocenters. The summed E-state index contributed by atoms with van der Waals surface area (Å²) in [6.45, 7) is 4.78. The molecule has 0 saturated heterocycles. The van der Waals surface area contributed by atoms with Crippen molar-refractivity contribution in [2.75, 3.05) is 18.6 Å². The van der Waals surface area contributed by atoms with Crippen LogP contribution in [0.15, 0.2) is 24.3 Å². The number of rotatable bonds is 6. The van der Waals surface area contributed by atoms with E-state index < -0.39 is 9.84 Å². The summed E-state index contributed by atoms with van der Waals surface area (Å²) in [5.41, 5.74) is 2.54. The van der Waals surface area contributed by atoms with Gasteiger partial charge in [-0.15, -0.1) is 0 Å². The van der Waals surface area contributed by atoms with Crippen molar-refractivity contribution in [2.24, 2.45) is 0 Å². The zero-order valence-corrected chi connectivity index (χ0v) is 11.5. The second-order valence-corrected chi connectivity index (χ2v) is 6.87. The Morgan fingerprint density at radius 1 is 1.35 bits per heavy atom. The molecule has 0 aliphatic rings.